The molecule has 2 amide bonds. The molecule has 1 heterocycles. The van der Waals surface area contributed by atoms with Gasteiger partial charge in [0.15, 0.2) is 0 Å². The van der Waals surface area contributed by atoms with Crippen LogP contribution in [0, 0.1) is 0 Å². The molecular weight excluding hydrogens is 1740 g/mol. The largest absolute Gasteiger partial charge is 0.500 e. The fourth-order valence-electron chi connectivity index (χ4n) is 11.9. The highest BCUT2D eigenvalue weighted by atomic mass is 28.4. The molecule has 0 aromatic carbocycles. The summed E-state index contributed by atoms with van der Waals surface area (Å²) in [6.45, 7) is 8.64. The van der Waals surface area contributed by atoms with E-state index >= 15 is 0 Å². The van der Waals surface area contributed by atoms with Crippen LogP contribution < -0.4 is 10.6 Å². The van der Waals surface area contributed by atoms with Crippen LogP contribution in [0.4, 0.5) is 4.79 Å². The first-order valence-electron chi connectivity index (χ1n) is 39.5. The number of amides is 2. The van der Waals surface area contributed by atoms with Gasteiger partial charge >= 0.3 is 94.1 Å². The van der Waals surface area contributed by atoms with E-state index in [2.05, 4.69) is 20.5 Å². The molecule has 51 heteroatoms. The van der Waals surface area contributed by atoms with Crippen LogP contribution in [0.15, 0.2) is 4.99 Å². The van der Waals surface area contributed by atoms with Gasteiger partial charge in [-0.3, -0.25) is 0 Å². The summed E-state index contributed by atoms with van der Waals surface area (Å²) in [5.74, 6) is 0. The van der Waals surface area contributed by atoms with E-state index in [1.165, 1.54) is 6.08 Å². The molecule has 0 aromatic heterocycles. The Balaban J connectivity index is -0.000000731. The smallest absolute Gasteiger partial charge is 0.389 e. The lowest BCUT2D eigenvalue weighted by Gasteiger charge is -2.29. The Morgan fingerprint density at radius 2 is 0.588 bits per heavy atom. The molecule has 1 aliphatic heterocycles. The summed E-state index contributed by atoms with van der Waals surface area (Å²) in [6.07, 6.45) is 8.98. The molecule has 0 bridgehead atoms. The van der Waals surface area contributed by atoms with E-state index in [9.17, 15) is 14.7 Å². The standard InChI is InChI=1S/C21H51NO11Si3.C19H46N2O10Si3.C12H31NO6Si2.C9H20O5Si.C7H15NO4Si/c1-24-34(25-2,26-3)16-10-13-22(14-11-17-35(27-4,28-5)29-6)19-21(23)20-33-15-12-18-36(30-7,31-8)32-9;1-23-32(24-2,25-3)16-10-13-20-19(22)21(14-11-17-33(26-4,27-5)28-6)15-12-18-34(29-7,30-8)31-9;1-14-20(15-2,16-3)11-7-9-13-10-8-12-21(17-4,18-5)19-6;1-10-15(11-2,12-3)6-4-5-13-7-9-8-14-9;1-10-13(11-2,12-3)6-4-5-8-7-9/h21,23H,10-20H2,1-9H3;10-18H2,1-9H3,(H,20,22);13H,7-12H2,1-6H3;9H,4-8H2,1-3H3;4-6H2,1-3H3. The van der Waals surface area contributed by atoms with Gasteiger partial charge in [0.1, 0.15) is 6.10 Å². The summed E-state index contributed by atoms with van der Waals surface area (Å²) < 4.78 is 178. The zero-order valence-corrected chi connectivity index (χ0v) is 88.3. The van der Waals surface area contributed by atoms with Crippen molar-refractivity contribution in [1.29, 1.82) is 0 Å². The molecule has 2 unspecified atom stereocenters. The lowest BCUT2D eigenvalue weighted by atomic mass is 10.3. The minimum absolute atomic E-state index is 0.154. The number of aliphatic hydroxyl groups is 1. The number of isocyanates is 1. The number of epoxide rings is 1. The molecule has 0 aliphatic carbocycles. The predicted molar refractivity (Wildman–Crippen MR) is 467 cm³/mol. The Labute approximate surface area is 725 Å². The third-order valence-electron chi connectivity index (χ3n) is 19.8. The van der Waals surface area contributed by atoms with Crippen LogP contribution in [0.3, 0.4) is 0 Å². The Morgan fingerprint density at radius 1 is 0.353 bits per heavy atom. The molecule has 0 spiro atoms. The highest BCUT2D eigenvalue weighted by molar-refractivity contribution is 6.63. The maximum Gasteiger partial charge on any atom is 0.500 e. The number of carbonyl (C=O) groups is 1. The fourth-order valence-corrected chi connectivity index (χ4v) is 29.0. The monoisotopic (exact) mass is 1910 g/mol. The van der Waals surface area contributed by atoms with Gasteiger partial charge < -0.3 is 173 Å². The molecule has 0 radical (unpaired) electrons. The maximum absolute atomic E-state index is 13.0. The van der Waals surface area contributed by atoms with Crippen molar-refractivity contribution in [3.8, 4) is 0 Å². The van der Waals surface area contributed by atoms with E-state index in [4.69, 9.17) is 147 Å². The van der Waals surface area contributed by atoms with Gasteiger partial charge in [-0.15, -0.1) is 0 Å². The first-order chi connectivity index (χ1) is 57.0. The molecule has 1 aliphatic rings. The molecule has 41 nitrogen and oxygen atoms in total. The normalized spacial score (nSPS) is 14.0. The lowest BCUT2D eigenvalue weighted by molar-refractivity contribution is 0.0151. The van der Waals surface area contributed by atoms with Crippen molar-refractivity contribution < 1.29 is 162 Å². The van der Waals surface area contributed by atoms with Crippen LogP contribution >= 0.6 is 0 Å². The molecule has 0 saturated carbocycles. The van der Waals surface area contributed by atoms with E-state index < -0.39 is 94.1 Å². The number of urea groups is 1. The Morgan fingerprint density at radius 3 is 0.849 bits per heavy atom. The van der Waals surface area contributed by atoms with E-state index in [0.29, 0.717) is 133 Å². The Bertz CT molecular complexity index is 2190. The predicted octanol–water partition coefficient (Wildman–Crippen LogP) is 5.65. The summed E-state index contributed by atoms with van der Waals surface area (Å²) >= 11 is 0. The first kappa shape index (κ1) is 125. The third-order valence-corrected chi connectivity index (χ3v) is 48.1. The number of aliphatic hydroxyl groups excluding tert-OH is 1. The molecule has 1 saturated heterocycles. The second-order valence-electron chi connectivity index (χ2n) is 26.0. The summed E-state index contributed by atoms with van der Waals surface area (Å²) in [5, 5.41) is 17.0. The topological polar surface area (TPSA) is 405 Å². The minimum Gasteiger partial charge on any atom is -0.389 e. The molecule has 119 heavy (non-hydrogen) atoms. The number of ether oxygens (including phenoxy) is 3. The first-order valence-corrected chi connectivity index (χ1v) is 58.9. The highest BCUT2D eigenvalue weighted by Gasteiger charge is 2.45. The Hall–Kier alpha value is -0.621. The number of carbonyl (C=O) groups excluding carboxylic acids is 2. The molecule has 1 rings (SSSR count). The van der Waals surface area contributed by atoms with Gasteiger partial charge in [-0.1, -0.05) is 0 Å². The molecule has 716 valence electrons. The van der Waals surface area contributed by atoms with Crippen LogP contribution in [-0.4, -0.2) is 433 Å². The molecule has 0 aromatic rings. The Kier molecular flexibility index (Phi) is 78.8. The third kappa shape index (κ3) is 52.0. The second-order valence-corrected chi connectivity index (χ2v) is 56.9. The van der Waals surface area contributed by atoms with Crippen molar-refractivity contribution >= 4 is 100 Å². The maximum atomic E-state index is 13.0. The van der Waals surface area contributed by atoms with E-state index in [0.717, 1.165) is 83.0 Å². The van der Waals surface area contributed by atoms with Crippen molar-refractivity contribution in [3.05, 3.63) is 0 Å². The number of nitrogens with zero attached hydrogens (tertiary/aromatic N) is 3. The average molecular weight is 1910 g/mol. The second kappa shape index (κ2) is 75.2. The van der Waals surface area contributed by atoms with Gasteiger partial charge in [0.05, 0.1) is 32.5 Å². The van der Waals surface area contributed by atoms with Crippen LogP contribution in [0.5, 0.6) is 0 Å². The van der Waals surface area contributed by atoms with Crippen molar-refractivity contribution in [2.24, 2.45) is 4.99 Å². The van der Waals surface area contributed by atoms with Crippen molar-refractivity contribution in [3.63, 3.8) is 0 Å². The summed E-state index contributed by atoms with van der Waals surface area (Å²) in [6, 6.07) is 6.67. The average Bonchev–Trinajstić information content (AvgIpc) is 1.63. The zero-order valence-electron chi connectivity index (χ0n) is 78.3. The van der Waals surface area contributed by atoms with Gasteiger partial charge in [-0.05, 0) is 90.4 Å². The summed E-state index contributed by atoms with van der Waals surface area (Å²) in [5.41, 5.74) is 0. The SMILES string of the molecule is CO[Si](CCCN=C=O)(OC)OC.CO[Si](CCCNC(=O)N(CCC[Si](OC)(OC)OC)CCC[Si](OC)(OC)OC)(OC)OC.CO[Si](CCCNCCC[Si](OC)(OC)OC)(OC)OC.CO[Si](CCCOCC(O)CN(CCC[Si](OC)(OC)OC)CCC[Si](OC)(OC)OC)(OC)OC.CO[Si](CCCOCC1CO1)(OC)OC. The van der Waals surface area contributed by atoms with Crippen LogP contribution in [0.2, 0.25) is 60.4 Å². The molecular formula is C68H163N5O36Si10. The number of hydrogen-bond acceptors (Lipinski definition) is 39. The van der Waals surface area contributed by atoms with Crippen LogP contribution in [-0.2, 0) is 152 Å². The van der Waals surface area contributed by atoms with Crippen LogP contribution in [0.25, 0.3) is 0 Å². The summed E-state index contributed by atoms with van der Waals surface area (Å²) in [7, 11) is 22.3. The van der Waals surface area contributed by atoms with E-state index in [-0.39, 0.29) is 12.6 Å². The van der Waals surface area contributed by atoms with E-state index in [1.807, 2.05) is 0 Å². The number of rotatable bonds is 76. The van der Waals surface area contributed by atoms with Gasteiger partial charge in [0.25, 0.3) is 0 Å². The van der Waals surface area contributed by atoms with Crippen molar-refractivity contribution in [1.82, 2.24) is 20.4 Å². The van der Waals surface area contributed by atoms with Crippen molar-refractivity contribution in [2.45, 2.75) is 137 Å². The van der Waals surface area contributed by atoms with E-state index in [1.54, 1.807) is 218 Å². The van der Waals surface area contributed by atoms with Crippen LogP contribution in [0.1, 0.15) is 64.2 Å². The fraction of sp³-hybridized carbons (Fsp3) is 0.971. The highest BCUT2D eigenvalue weighted by Crippen LogP contribution is 2.24. The quantitative estimate of drug-likeness (QED) is 0.0218. The van der Waals surface area contributed by atoms with Gasteiger partial charge in [-0.2, -0.15) is 0 Å². The summed E-state index contributed by atoms with van der Waals surface area (Å²) in [4.78, 5) is 30.1. The number of hydrogen-bond donors (Lipinski definition) is 3. The molecule has 2 atom stereocenters. The van der Waals surface area contributed by atoms with Gasteiger partial charge in [0, 0.05) is 313 Å². The number of nitrogens with one attached hydrogen (secondary N) is 2. The van der Waals surface area contributed by atoms with Gasteiger partial charge in [-0.25, -0.2) is 14.6 Å². The lowest BCUT2D eigenvalue weighted by Crippen LogP contribution is -2.47. The minimum atomic E-state index is -2.71. The van der Waals surface area contributed by atoms with Gasteiger partial charge in [0.2, 0.25) is 6.08 Å². The zero-order chi connectivity index (χ0) is 91.1. The molecule has 3 N–H and O–H groups in total. The van der Waals surface area contributed by atoms with Crippen molar-refractivity contribution in [2.75, 3.05) is 305 Å². The molecule has 1 fully saturated rings. The number of aliphatic imine (C=N–C) groups is 1.